The molecule has 0 aromatic carbocycles. The van der Waals surface area contributed by atoms with Crippen molar-refractivity contribution in [2.24, 2.45) is 5.92 Å². The Morgan fingerprint density at radius 3 is 2.79 bits per heavy atom. The van der Waals surface area contributed by atoms with Gasteiger partial charge in [-0.15, -0.1) is 0 Å². The van der Waals surface area contributed by atoms with Crippen molar-refractivity contribution < 1.29 is 17.9 Å². The number of carbonyl (C=O) groups is 1. The lowest BCUT2D eigenvalue weighted by Gasteiger charge is -2.50. The number of aromatic nitrogens is 1. The lowest BCUT2D eigenvalue weighted by molar-refractivity contribution is 0.0313. The Bertz CT molecular complexity index is 699. The van der Waals surface area contributed by atoms with E-state index in [2.05, 4.69) is 4.98 Å². The maximum atomic E-state index is 12.5. The first-order chi connectivity index (χ1) is 11.4. The maximum Gasteiger partial charge on any atom is 0.319 e. The minimum atomic E-state index is -3.19. The molecule has 0 saturated carbocycles. The molecule has 7 nitrogen and oxygen atoms in total. The molecule has 8 heteroatoms. The smallest absolute Gasteiger partial charge is 0.319 e. The zero-order chi connectivity index (χ0) is 17.4. The van der Waals surface area contributed by atoms with Crippen molar-refractivity contribution in [3.8, 4) is 0 Å². The molecular formula is C16H23N3O4S. The van der Waals surface area contributed by atoms with Crippen LogP contribution in [0, 0.1) is 5.92 Å². The van der Waals surface area contributed by atoms with E-state index in [4.69, 9.17) is 4.74 Å². The minimum absolute atomic E-state index is 0.0718. The molecule has 2 saturated heterocycles. The number of sulfone groups is 1. The van der Waals surface area contributed by atoms with E-state index in [0.717, 1.165) is 5.69 Å². The molecule has 0 unspecified atom stereocenters. The van der Waals surface area contributed by atoms with E-state index in [9.17, 15) is 13.2 Å². The second kappa shape index (κ2) is 6.33. The molecule has 0 aliphatic carbocycles. The number of hydrogen-bond acceptors (Lipinski definition) is 5. The standard InChI is InChI=1S/C16H23N3O4S/c1-18(2)15(20)19-11-16(12-19)13(6-8-24(16,21)22)9-23-10-14-5-3-4-7-17-14/h3-5,7,13H,6,8-12H2,1-2H3/t13-/m1/s1. The molecule has 1 aromatic heterocycles. The van der Waals surface area contributed by atoms with Crippen molar-refractivity contribution in [1.29, 1.82) is 0 Å². The lowest BCUT2D eigenvalue weighted by Crippen LogP contribution is -2.69. The maximum absolute atomic E-state index is 12.5. The van der Waals surface area contributed by atoms with E-state index in [0.29, 0.717) is 19.6 Å². The van der Waals surface area contributed by atoms with Crippen molar-refractivity contribution in [2.45, 2.75) is 17.8 Å². The number of ether oxygens (including phenoxy) is 1. The summed E-state index contributed by atoms with van der Waals surface area (Å²) < 4.78 is 30.0. The highest BCUT2D eigenvalue weighted by atomic mass is 32.2. The van der Waals surface area contributed by atoms with Gasteiger partial charge >= 0.3 is 6.03 Å². The number of pyridine rings is 1. The van der Waals surface area contributed by atoms with E-state index in [1.807, 2.05) is 18.2 Å². The third-order valence-electron chi connectivity index (χ3n) is 4.96. The Balaban J connectivity index is 1.62. The molecule has 3 rings (SSSR count). The summed E-state index contributed by atoms with van der Waals surface area (Å²) in [5, 5.41) is 0. The summed E-state index contributed by atoms with van der Waals surface area (Å²) in [7, 11) is 0.147. The van der Waals surface area contributed by atoms with Crippen LogP contribution in [0.1, 0.15) is 12.1 Å². The SMILES string of the molecule is CN(C)C(=O)N1CC2(C1)[C@@H](COCc1ccccn1)CCS2(=O)=O. The minimum Gasteiger partial charge on any atom is -0.375 e. The summed E-state index contributed by atoms with van der Waals surface area (Å²) >= 11 is 0. The molecule has 2 amide bonds. The van der Waals surface area contributed by atoms with Crippen LogP contribution in [0.15, 0.2) is 24.4 Å². The first-order valence-electron chi connectivity index (χ1n) is 8.02. The molecule has 1 spiro atoms. The van der Waals surface area contributed by atoms with Crippen LogP contribution in [0.3, 0.4) is 0 Å². The number of urea groups is 1. The number of likely N-dealkylation sites (tertiary alicyclic amines) is 1. The second-order valence-corrected chi connectivity index (χ2v) is 9.19. The van der Waals surface area contributed by atoms with E-state index < -0.39 is 14.6 Å². The predicted octanol–water partition coefficient (Wildman–Crippen LogP) is 0.769. The summed E-state index contributed by atoms with van der Waals surface area (Å²) in [6.07, 6.45) is 2.30. The fraction of sp³-hybridized carbons (Fsp3) is 0.625. The van der Waals surface area contributed by atoms with Gasteiger partial charge in [0.2, 0.25) is 0 Å². The third-order valence-corrected chi connectivity index (χ3v) is 7.57. The highest BCUT2D eigenvalue weighted by molar-refractivity contribution is 7.93. The van der Waals surface area contributed by atoms with Crippen LogP contribution in [-0.4, -0.2) is 73.5 Å². The number of hydrogen-bond donors (Lipinski definition) is 0. The van der Waals surface area contributed by atoms with Crippen molar-refractivity contribution in [3.05, 3.63) is 30.1 Å². The van der Waals surface area contributed by atoms with Gasteiger partial charge in [-0.2, -0.15) is 0 Å². The van der Waals surface area contributed by atoms with Crippen LogP contribution in [0.4, 0.5) is 4.79 Å². The summed E-state index contributed by atoms with van der Waals surface area (Å²) in [5.74, 6) is 0.103. The van der Waals surface area contributed by atoms with E-state index >= 15 is 0 Å². The average Bonchev–Trinajstić information content (AvgIpc) is 2.77. The average molecular weight is 353 g/mol. The summed E-state index contributed by atoms with van der Waals surface area (Å²) in [6.45, 7) is 1.28. The molecule has 0 bridgehead atoms. The van der Waals surface area contributed by atoms with E-state index in [-0.39, 0.29) is 30.8 Å². The zero-order valence-electron chi connectivity index (χ0n) is 14.0. The summed E-state index contributed by atoms with van der Waals surface area (Å²) in [5.41, 5.74) is 0.824. The van der Waals surface area contributed by atoms with Crippen LogP contribution in [0.2, 0.25) is 0 Å². The van der Waals surface area contributed by atoms with Crippen LogP contribution >= 0.6 is 0 Å². The fourth-order valence-corrected chi connectivity index (χ4v) is 5.92. The van der Waals surface area contributed by atoms with Gasteiger partial charge < -0.3 is 14.5 Å². The molecule has 132 valence electrons. The summed E-state index contributed by atoms with van der Waals surface area (Å²) in [4.78, 5) is 19.3. The second-order valence-electron chi connectivity index (χ2n) is 6.74. The molecule has 0 N–H and O–H groups in total. The van der Waals surface area contributed by atoms with Gasteiger partial charge in [0.1, 0.15) is 4.75 Å². The van der Waals surface area contributed by atoms with Gasteiger partial charge in [0.05, 0.1) is 24.7 Å². The first-order valence-corrected chi connectivity index (χ1v) is 9.67. The Labute approximate surface area is 142 Å². The number of rotatable bonds is 4. The molecule has 1 atom stereocenters. The molecule has 24 heavy (non-hydrogen) atoms. The van der Waals surface area contributed by atoms with Crippen molar-refractivity contribution in [1.82, 2.24) is 14.8 Å². The molecule has 2 aliphatic heterocycles. The number of amides is 2. The van der Waals surface area contributed by atoms with E-state index in [1.165, 1.54) is 4.90 Å². The zero-order valence-corrected chi connectivity index (χ0v) is 14.8. The molecule has 1 aromatic rings. The highest BCUT2D eigenvalue weighted by Gasteiger charge is 2.62. The third kappa shape index (κ3) is 2.88. The Kier molecular flexibility index (Phi) is 4.52. The number of nitrogens with zero attached hydrogens (tertiary/aromatic N) is 3. The fourth-order valence-electron chi connectivity index (χ4n) is 3.51. The van der Waals surface area contributed by atoms with Crippen molar-refractivity contribution in [2.75, 3.05) is 39.5 Å². The van der Waals surface area contributed by atoms with Crippen LogP contribution in [0.25, 0.3) is 0 Å². The number of carbonyl (C=O) groups excluding carboxylic acids is 1. The van der Waals surface area contributed by atoms with E-state index in [1.54, 1.807) is 25.2 Å². The summed E-state index contributed by atoms with van der Waals surface area (Å²) in [6, 6.07) is 5.47. The van der Waals surface area contributed by atoms with Gasteiger partial charge in [-0.25, -0.2) is 13.2 Å². The highest BCUT2D eigenvalue weighted by Crippen LogP contribution is 2.45. The van der Waals surface area contributed by atoms with Gasteiger partial charge in [-0.05, 0) is 18.6 Å². The quantitative estimate of drug-likeness (QED) is 0.799. The Morgan fingerprint density at radius 1 is 1.42 bits per heavy atom. The van der Waals surface area contributed by atoms with Crippen LogP contribution in [-0.2, 0) is 21.2 Å². The van der Waals surface area contributed by atoms with Gasteiger partial charge in [0.25, 0.3) is 0 Å². The largest absolute Gasteiger partial charge is 0.375 e. The molecule has 0 radical (unpaired) electrons. The van der Waals surface area contributed by atoms with Crippen molar-refractivity contribution >= 4 is 15.9 Å². The molecule has 2 fully saturated rings. The normalized spacial score (nSPS) is 23.9. The first kappa shape index (κ1) is 17.2. The van der Waals surface area contributed by atoms with Crippen molar-refractivity contribution in [3.63, 3.8) is 0 Å². The Hall–Kier alpha value is -1.67. The van der Waals surface area contributed by atoms with Gasteiger partial charge in [0, 0.05) is 39.3 Å². The topological polar surface area (TPSA) is 79.8 Å². The predicted molar refractivity (Wildman–Crippen MR) is 89.2 cm³/mol. The Morgan fingerprint density at radius 2 is 2.17 bits per heavy atom. The van der Waals surface area contributed by atoms with Gasteiger partial charge in [-0.1, -0.05) is 6.07 Å². The van der Waals surface area contributed by atoms with Crippen LogP contribution in [0.5, 0.6) is 0 Å². The lowest BCUT2D eigenvalue weighted by atomic mass is 9.84. The van der Waals surface area contributed by atoms with Gasteiger partial charge in [-0.3, -0.25) is 4.98 Å². The molecule has 2 aliphatic rings. The monoisotopic (exact) mass is 353 g/mol. The molecular weight excluding hydrogens is 330 g/mol. The van der Waals surface area contributed by atoms with Crippen LogP contribution < -0.4 is 0 Å². The molecule has 3 heterocycles. The van der Waals surface area contributed by atoms with Gasteiger partial charge in [0.15, 0.2) is 9.84 Å².